The minimum atomic E-state index is 0.668. The summed E-state index contributed by atoms with van der Waals surface area (Å²) in [6.45, 7) is 0. The number of hydrogen-bond acceptors (Lipinski definition) is 1. The van der Waals surface area contributed by atoms with E-state index in [1.165, 1.54) is 60.8 Å². The van der Waals surface area contributed by atoms with E-state index < -0.39 is 0 Å². The third-order valence-electron chi connectivity index (χ3n) is 7.24. The van der Waals surface area contributed by atoms with Crippen LogP contribution in [0, 0.1) is 11.3 Å². The Morgan fingerprint density at radius 3 is 1.61 bits per heavy atom. The molecule has 0 aliphatic heterocycles. The number of hydrogen-bond donors (Lipinski definition) is 0. The Bertz CT molecular complexity index is 1800. The fraction of sp³-hybridized carbons (Fsp3) is 0. The van der Waals surface area contributed by atoms with Crippen molar-refractivity contribution in [3.63, 3.8) is 0 Å². The molecule has 0 aromatic heterocycles. The lowest BCUT2D eigenvalue weighted by Crippen LogP contribution is -1.94. The Balaban J connectivity index is 1.68. The smallest absolute Gasteiger partial charge is 0.0991 e. The van der Waals surface area contributed by atoms with Gasteiger partial charge in [0.15, 0.2) is 0 Å². The Labute approximate surface area is 210 Å². The van der Waals surface area contributed by atoms with E-state index in [0.717, 1.165) is 5.56 Å². The largest absolute Gasteiger partial charge is 0.192 e. The van der Waals surface area contributed by atoms with Crippen molar-refractivity contribution in [3.05, 3.63) is 133 Å². The average molecular weight is 456 g/mol. The van der Waals surface area contributed by atoms with Crippen molar-refractivity contribution in [3.8, 4) is 61.7 Å². The first-order valence-electron chi connectivity index (χ1n) is 12.2. The molecule has 0 heterocycles. The SMILES string of the molecule is N#Cc1ccc(-c2cc(-c3ccccc3)c3c(c2-c2ccccc2)-c2cccc4cccc-3c24)cc1. The lowest BCUT2D eigenvalue weighted by molar-refractivity contribution is 1.48. The lowest BCUT2D eigenvalue weighted by atomic mass is 9.82. The highest BCUT2D eigenvalue weighted by Gasteiger charge is 2.29. The molecule has 1 heteroatoms. The number of benzene rings is 6. The minimum absolute atomic E-state index is 0.668. The van der Waals surface area contributed by atoms with Crippen LogP contribution in [0.3, 0.4) is 0 Å². The molecule has 0 unspecified atom stereocenters. The summed E-state index contributed by atoms with van der Waals surface area (Å²) in [5, 5.41) is 12.0. The summed E-state index contributed by atoms with van der Waals surface area (Å²) >= 11 is 0. The van der Waals surface area contributed by atoms with Crippen LogP contribution in [-0.4, -0.2) is 0 Å². The van der Waals surface area contributed by atoms with Gasteiger partial charge >= 0.3 is 0 Å². The van der Waals surface area contributed by atoms with Gasteiger partial charge in [0.1, 0.15) is 0 Å². The molecule has 0 fully saturated rings. The van der Waals surface area contributed by atoms with Gasteiger partial charge in [-0.05, 0) is 84.6 Å². The maximum atomic E-state index is 9.39. The summed E-state index contributed by atoms with van der Waals surface area (Å²) in [5.41, 5.74) is 13.0. The van der Waals surface area contributed by atoms with Gasteiger partial charge in [-0.25, -0.2) is 0 Å². The first-order chi connectivity index (χ1) is 17.8. The van der Waals surface area contributed by atoms with Crippen molar-refractivity contribution in [2.24, 2.45) is 0 Å². The molecule has 1 nitrogen and oxygen atoms in total. The second kappa shape index (κ2) is 8.08. The molecular formula is C35H21N. The molecule has 0 saturated heterocycles. The molecule has 0 saturated carbocycles. The molecule has 1 aliphatic carbocycles. The van der Waals surface area contributed by atoms with Crippen LogP contribution in [0.4, 0.5) is 0 Å². The van der Waals surface area contributed by atoms with Gasteiger partial charge in [-0.3, -0.25) is 0 Å². The Kier molecular flexibility index (Phi) is 4.59. The lowest BCUT2D eigenvalue weighted by Gasteiger charge is -2.21. The number of rotatable bonds is 3. The van der Waals surface area contributed by atoms with Crippen molar-refractivity contribution in [1.29, 1.82) is 5.26 Å². The number of nitrogens with zero attached hydrogens (tertiary/aromatic N) is 1. The van der Waals surface area contributed by atoms with Crippen LogP contribution in [0.5, 0.6) is 0 Å². The van der Waals surface area contributed by atoms with E-state index in [-0.39, 0.29) is 0 Å². The van der Waals surface area contributed by atoms with Gasteiger partial charge in [-0.15, -0.1) is 0 Å². The van der Waals surface area contributed by atoms with Crippen molar-refractivity contribution < 1.29 is 0 Å². The van der Waals surface area contributed by atoms with E-state index in [0.29, 0.717) is 5.56 Å². The first-order valence-corrected chi connectivity index (χ1v) is 12.2. The Morgan fingerprint density at radius 2 is 0.972 bits per heavy atom. The van der Waals surface area contributed by atoms with Gasteiger partial charge in [0.2, 0.25) is 0 Å². The predicted octanol–water partition coefficient (Wildman–Crippen LogP) is 9.36. The van der Waals surface area contributed by atoms with E-state index in [9.17, 15) is 5.26 Å². The normalized spacial score (nSPS) is 11.3. The van der Waals surface area contributed by atoms with Gasteiger partial charge in [-0.1, -0.05) is 109 Å². The molecule has 36 heavy (non-hydrogen) atoms. The van der Waals surface area contributed by atoms with Crippen molar-refractivity contribution in [1.82, 2.24) is 0 Å². The quantitative estimate of drug-likeness (QED) is 0.260. The van der Waals surface area contributed by atoms with Crippen LogP contribution in [0.15, 0.2) is 127 Å². The maximum absolute atomic E-state index is 9.39. The highest BCUT2D eigenvalue weighted by Crippen LogP contribution is 2.56. The van der Waals surface area contributed by atoms with E-state index >= 15 is 0 Å². The average Bonchev–Trinajstić information content (AvgIpc) is 3.29. The van der Waals surface area contributed by atoms with Crippen LogP contribution >= 0.6 is 0 Å². The molecular weight excluding hydrogens is 434 g/mol. The van der Waals surface area contributed by atoms with E-state index in [1.54, 1.807) is 0 Å². The van der Waals surface area contributed by atoms with Crippen LogP contribution in [-0.2, 0) is 0 Å². The number of nitriles is 1. The summed E-state index contributed by atoms with van der Waals surface area (Å²) in [5.74, 6) is 0. The van der Waals surface area contributed by atoms with E-state index in [1.807, 2.05) is 12.1 Å². The molecule has 0 N–H and O–H groups in total. The zero-order valence-corrected chi connectivity index (χ0v) is 19.6. The zero-order chi connectivity index (χ0) is 24.1. The van der Waals surface area contributed by atoms with Crippen molar-refractivity contribution in [2.75, 3.05) is 0 Å². The summed E-state index contributed by atoms with van der Waals surface area (Å²) in [6.07, 6.45) is 0. The van der Waals surface area contributed by atoms with E-state index in [2.05, 4.69) is 121 Å². The van der Waals surface area contributed by atoms with Crippen LogP contribution in [0.25, 0.3) is 66.4 Å². The molecule has 1 aliphatic rings. The molecule has 6 aromatic rings. The topological polar surface area (TPSA) is 23.8 Å². The summed E-state index contributed by atoms with van der Waals surface area (Å²) < 4.78 is 0. The molecule has 0 amide bonds. The fourth-order valence-electron chi connectivity index (χ4n) is 5.69. The molecule has 7 rings (SSSR count). The molecule has 0 spiro atoms. The second-order valence-corrected chi connectivity index (χ2v) is 9.23. The van der Waals surface area contributed by atoms with Crippen LogP contribution in [0.2, 0.25) is 0 Å². The molecule has 166 valence electrons. The van der Waals surface area contributed by atoms with E-state index in [4.69, 9.17) is 0 Å². The van der Waals surface area contributed by atoms with Gasteiger partial charge in [0.05, 0.1) is 11.6 Å². The van der Waals surface area contributed by atoms with Crippen molar-refractivity contribution >= 4 is 10.8 Å². The maximum Gasteiger partial charge on any atom is 0.0991 e. The second-order valence-electron chi connectivity index (χ2n) is 9.23. The summed E-state index contributed by atoms with van der Waals surface area (Å²) in [4.78, 5) is 0. The van der Waals surface area contributed by atoms with Crippen molar-refractivity contribution in [2.45, 2.75) is 0 Å². The summed E-state index contributed by atoms with van der Waals surface area (Å²) in [7, 11) is 0. The predicted molar refractivity (Wildman–Crippen MR) is 149 cm³/mol. The minimum Gasteiger partial charge on any atom is -0.192 e. The zero-order valence-electron chi connectivity index (χ0n) is 19.6. The molecule has 0 bridgehead atoms. The van der Waals surface area contributed by atoms with Crippen LogP contribution in [0.1, 0.15) is 5.56 Å². The Hall–Kier alpha value is -4.93. The number of fused-ring (bicyclic) bond motifs is 3. The standard InChI is InChI=1S/C35H21N/c36-22-23-17-19-25(20-18-23)30-21-31(24-9-3-1-4-10-24)34-28-15-7-13-26-14-8-16-29(32(26)28)35(34)33(30)27-11-5-2-6-12-27/h1-21H. The van der Waals surface area contributed by atoms with Gasteiger partial charge in [0.25, 0.3) is 0 Å². The summed E-state index contributed by atoms with van der Waals surface area (Å²) in [6, 6.07) is 47.2. The van der Waals surface area contributed by atoms with Gasteiger partial charge in [-0.2, -0.15) is 5.26 Å². The molecule has 6 aromatic carbocycles. The van der Waals surface area contributed by atoms with Crippen LogP contribution < -0.4 is 0 Å². The molecule has 0 atom stereocenters. The fourth-order valence-corrected chi connectivity index (χ4v) is 5.69. The highest BCUT2D eigenvalue weighted by molar-refractivity contribution is 6.22. The third-order valence-corrected chi connectivity index (χ3v) is 7.24. The third kappa shape index (κ3) is 3.02. The Morgan fingerprint density at radius 1 is 0.417 bits per heavy atom. The molecule has 0 radical (unpaired) electrons. The monoisotopic (exact) mass is 455 g/mol. The first kappa shape index (κ1) is 20.4. The van der Waals surface area contributed by atoms with Gasteiger partial charge in [0, 0.05) is 0 Å². The highest BCUT2D eigenvalue weighted by atomic mass is 14.3. The van der Waals surface area contributed by atoms with Gasteiger partial charge < -0.3 is 0 Å².